The van der Waals surface area contributed by atoms with E-state index in [-0.39, 0.29) is 5.97 Å². The van der Waals surface area contributed by atoms with Crippen molar-refractivity contribution in [2.75, 3.05) is 33.9 Å². The number of esters is 1. The van der Waals surface area contributed by atoms with Crippen molar-refractivity contribution in [2.24, 2.45) is 0 Å². The van der Waals surface area contributed by atoms with E-state index in [2.05, 4.69) is 25.6 Å². The summed E-state index contributed by atoms with van der Waals surface area (Å²) in [7, 11) is 3.43. The molecule has 0 saturated heterocycles. The van der Waals surface area contributed by atoms with Crippen LogP contribution in [0.5, 0.6) is 5.75 Å². The van der Waals surface area contributed by atoms with E-state index in [0.29, 0.717) is 13.0 Å². The number of nitrogens with zero attached hydrogens (tertiary/aromatic N) is 1. The van der Waals surface area contributed by atoms with Crippen LogP contribution in [-0.2, 0) is 9.53 Å². The van der Waals surface area contributed by atoms with Gasteiger partial charge in [-0.15, -0.1) is 0 Å². The molecule has 0 heterocycles. The third-order valence-corrected chi connectivity index (χ3v) is 3.18. The first-order valence-electron chi connectivity index (χ1n) is 6.25. The van der Waals surface area contributed by atoms with Crippen LogP contribution in [-0.4, -0.2) is 44.7 Å². The van der Waals surface area contributed by atoms with Gasteiger partial charge >= 0.3 is 5.97 Å². The molecular weight excluding hydrogens is 310 g/mol. The number of hydrogen-bond acceptors (Lipinski definition) is 4. The van der Waals surface area contributed by atoms with E-state index in [1.54, 1.807) is 0 Å². The Morgan fingerprint density at radius 1 is 1.37 bits per heavy atom. The molecular formula is C14H20BrNO3. The third kappa shape index (κ3) is 7.18. The summed E-state index contributed by atoms with van der Waals surface area (Å²) >= 11 is 3.40. The van der Waals surface area contributed by atoms with Gasteiger partial charge in [0.1, 0.15) is 12.4 Å². The highest BCUT2D eigenvalue weighted by molar-refractivity contribution is 9.10. The maximum absolute atomic E-state index is 11.0. The molecule has 0 spiro atoms. The molecule has 106 valence electrons. The Labute approximate surface area is 122 Å². The highest BCUT2D eigenvalue weighted by Gasteiger charge is 2.03. The SMILES string of the molecule is COC(=O)CCCN(C)CCOc1cccc(Br)c1. The first kappa shape index (κ1) is 16.0. The summed E-state index contributed by atoms with van der Waals surface area (Å²) < 4.78 is 11.2. The molecule has 1 aromatic rings. The van der Waals surface area contributed by atoms with Gasteiger partial charge in [0.05, 0.1) is 7.11 Å². The molecule has 1 rings (SSSR count). The van der Waals surface area contributed by atoms with Crippen LogP contribution in [0.2, 0.25) is 0 Å². The predicted octanol–water partition coefficient (Wildman–Crippen LogP) is 2.71. The molecule has 0 aliphatic heterocycles. The molecule has 0 fully saturated rings. The Kier molecular flexibility index (Phi) is 7.52. The number of benzene rings is 1. The van der Waals surface area contributed by atoms with Gasteiger partial charge in [-0.05, 0) is 38.2 Å². The molecule has 4 nitrogen and oxygen atoms in total. The summed E-state index contributed by atoms with van der Waals surface area (Å²) in [6, 6.07) is 7.78. The van der Waals surface area contributed by atoms with Crippen LogP contribution in [0.25, 0.3) is 0 Å². The summed E-state index contributed by atoms with van der Waals surface area (Å²) in [5.41, 5.74) is 0. The highest BCUT2D eigenvalue weighted by atomic mass is 79.9. The van der Waals surface area contributed by atoms with Gasteiger partial charge in [0.2, 0.25) is 0 Å². The van der Waals surface area contributed by atoms with E-state index in [4.69, 9.17) is 4.74 Å². The molecule has 19 heavy (non-hydrogen) atoms. The predicted molar refractivity (Wildman–Crippen MR) is 78.4 cm³/mol. The Morgan fingerprint density at radius 3 is 2.84 bits per heavy atom. The van der Waals surface area contributed by atoms with E-state index in [1.807, 2.05) is 31.3 Å². The standard InChI is InChI=1S/C14H20BrNO3/c1-16(8-4-7-14(17)18-2)9-10-19-13-6-3-5-12(15)11-13/h3,5-6,11H,4,7-10H2,1-2H3. The minimum atomic E-state index is -0.154. The molecule has 0 unspecified atom stereocenters. The number of ether oxygens (including phenoxy) is 2. The lowest BCUT2D eigenvalue weighted by Crippen LogP contribution is -2.25. The molecule has 0 aliphatic carbocycles. The Bertz CT molecular complexity index is 398. The lowest BCUT2D eigenvalue weighted by Gasteiger charge is -2.16. The number of methoxy groups -OCH3 is 1. The molecule has 0 amide bonds. The van der Waals surface area contributed by atoms with Crippen LogP contribution in [0.4, 0.5) is 0 Å². The van der Waals surface area contributed by atoms with Crippen molar-refractivity contribution in [2.45, 2.75) is 12.8 Å². The first-order chi connectivity index (χ1) is 9.11. The van der Waals surface area contributed by atoms with Crippen LogP contribution in [0.3, 0.4) is 0 Å². The van der Waals surface area contributed by atoms with Crippen LogP contribution < -0.4 is 4.74 Å². The molecule has 0 N–H and O–H groups in total. The van der Waals surface area contributed by atoms with Crippen molar-refractivity contribution in [1.29, 1.82) is 0 Å². The minimum Gasteiger partial charge on any atom is -0.492 e. The molecule has 0 aliphatic rings. The molecule has 1 aromatic carbocycles. The average molecular weight is 330 g/mol. The van der Waals surface area contributed by atoms with Crippen molar-refractivity contribution in [3.63, 3.8) is 0 Å². The summed E-state index contributed by atoms with van der Waals surface area (Å²) in [5.74, 6) is 0.705. The largest absolute Gasteiger partial charge is 0.492 e. The zero-order valence-electron chi connectivity index (χ0n) is 11.4. The topological polar surface area (TPSA) is 38.8 Å². The van der Waals surface area contributed by atoms with Crippen molar-refractivity contribution < 1.29 is 14.3 Å². The summed E-state index contributed by atoms with van der Waals surface area (Å²) in [4.78, 5) is 13.1. The zero-order valence-corrected chi connectivity index (χ0v) is 13.0. The molecule has 0 saturated carbocycles. The fraction of sp³-hybridized carbons (Fsp3) is 0.500. The van der Waals surface area contributed by atoms with Crippen LogP contribution in [0.15, 0.2) is 28.7 Å². The van der Waals surface area contributed by atoms with E-state index in [0.717, 1.165) is 29.7 Å². The highest BCUT2D eigenvalue weighted by Crippen LogP contribution is 2.17. The second-order valence-electron chi connectivity index (χ2n) is 4.29. The molecule has 0 atom stereocenters. The molecule has 5 heteroatoms. The molecule has 0 bridgehead atoms. The summed E-state index contributed by atoms with van der Waals surface area (Å²) in [5, 5.41) is 0. The number of halogens is 1. The lowest BCUT2D eigenvalue weighted by molar-refractivity contribution is -0.140. The minimum absolute atomic E-state index is 0.154. The summed E-state index contributed by atoms with van der Waals surface area (Å²) in [6.45, 7) is 2.32. The monoisotopic (exact) mass is 329 g/mol. The van der Waals surface area contributed by atoms with E-state index in [1.165, 1.54) is 7.11 Å². The van der Waals surface area contributed by atoms with Gasteiger partial charge in [-0.2, -0.15) is 0 Å². The van der Waals surface area contributed by atoms with Crippen LogP contribution in [0, 0.1) is 0 Å². The van der Waals surface area contributed by atoms with Gasteiger partial charge in [-0.1, -0.05) is 22.0 Å². The Balaban J connectivity index is 2.13. The first-order valence-corrected chi connectivity index (χ1v) is 7.05. The maximum atomic E-state index is 11.0. The Morgan fingerprint density at radius 2 is 2.16 bits per heavy atom. The molecule has 0 radical (unpaired) electrons. The lowest BCUT2D eigenvalue weighted by atomic mass is 10.3. The van der Waals surface area contributed by atoms with Crippen molar-refractivity contribution >= 4 is 21.9 Å². The number of likely N-dealkylation sites (N-methyl/N-ethyl adjacent to an activating group) is 1. The van der Waals surface area contributed by atoms with Gasteiger partial charge in [0.25, 0.3) is 0 Å². The number of carbonyl (C=O) groups is 1. The second kappa shape index (κ2) is 8.93. The van der Waals surface area contributed by atoms with Gasteiger partial charge in [0.15, 0.2) is 0 Å². The van der Waals surface area contributed by atoms with Gasteiger partial charge < -0.3 is 14.4 Å². The van der Waals surface area contributed by atoms with Crippen molar-refractivity contribution in [3.8, 4) is 5.75 Å². The number of rotatable bonds is 8. The second-order valence-corrected chi connectivity index (χ2v) is 5.20. The van der Waals surface area contributed by atoms with E-state index < -0.39 is 0 Å². The number of carbonyl (C=O) groups excluding carboxylic acids is 1. The molecule has 0 aromatic heterocycles. The van der Waals surface area contributed by atoms with Gasteiger partial charge in [-0.3, -0.25) is 4.79 Å². The van der Waals surface area contributed by atoms with Gasteiger partial charge in [0, 0.05) is 17.4 Å². The zero-order chi connectivity index (χ0) is 14.1. The Hall–Kier alpha value is -1.07. The van der Waals surface area contributed by atoms with Gasteiger partial charge in [-0.25, -0.2) is 0 Å². The third-order valence-electron chi connectivity index (χ3n) is 2.69. The maximum Gasteiger partial charge on any atom is 0.305 e. The van der Waals surface area contributed by atoms with Crippen molar-refractivity contribution in [3.05, 3.63) is 28.7 Å². The van der Waals surface area contributed by atoms with E-state index >= 15 is 0 Å². The smallest absolute Gasteiger partial charge is 0.305 e. The average Bonchev–Trinajstić information content (AvgIpc) is 2.38. The number of hydrogen-bond donors (Lipinski definition) is 0. The van der Waals surface area contributed by atoms with E-state index in [9.17, 15) is 4.79 Å². The normalized spacial score (nSPS) is 10.5. The quantitative estimate of drug-likeness (QED) is 0.687. The fourth-order valence-electron chi connectivity index (χ4n) is 1.58. The van der Waals surface area contributed by atoms with Crippen LogP contribution >= 0.6 is 15.9 Å². The van der Waals surface area contributed by atoms with Crippen molar-refractivity contribution in [1.82, 2.24) is 4.90 Å². The van der Waals surface area contributed by atoms with Crippen LogP contribution in [0.1, 0.15) is 12.8 Å². The summed E-state index contributed by atoms with van der Waals surface area (Å²) in [6.07, 6.45) is 1.27. The fourth-order valence-corrected chi connectivity index (χ4v) is 1.96.